The number of ether oxygens (including phenoxy) is 3. The van der Waals surface area contributed by atoms with Crippen LogP contribution in [0.1, 0.15) is 39.5 Å². The fourth-order valence-corrected chi connectivity index (χ4v) is 6.65. The first kappa shape index (κ1) is 26.5. The largest absolute Gasteiger partial charge is 0.458 e. The topological polar surface area (TPSA) is 146 Å². The quantitative estimate of drug-likeness (QED) is 0.264. The van der Waals surface area contributed by atoms with Crippen molar-refractivity contribution in [3.63, 3.8) is 0 Å². The summed E-state index contributed by atoms with van der Waals surface area (Å²) in [5.74, 6) is -0.302. The standard InChI is InChI=1S/C26H38O9/c1-14-4-7-18-25(2,16(14)6-5-15-9-11-33-23(15)32)10-8-19(28)26(18,3)13-34-24-22(31)21(30)20(29)17(12-27)35-24/h5-6,9,16-22,24,27-31H,1,4,7-8,10-13H2,2-3H3/t16-,17-,18+,19-,20-,21+,22-,24-,25+,26+/m0/s1. The summed E-state index contributed by atoms with van der Waals surface area (Å²) in [6.07, 6.45) is 1.03. The Morgan fingerprint density at radius 3 is 2.57 bits per heavy atom. The number of fused-ring (bicyclic) bond motifs is 1. The Bertz CT molecular complexity index is 882. The van der Waals surface area contributed by atoms with Gasteiger partial charge >= 0.3 is 5.97 Å². The van der Waals surface area contributed by atoms with Gasteiger partial charge in [0.15, 0.2) is 6.29 Å². The molecule has 0 amide bonds. The van der Waals surface area contributed by atoms with Crippen LogP contribution in [0.25, 0.3) is 0 Å². The van der Waals surface area contributed by atoms with Crippen molar-refractivity contribution in [1.29, 1.82) is 0 Å². The predicted molar refractivity (Wildman–Crippen MR) is 125 cm³/mol. The molecule has 5 N–H and O–H groups in total. The number of carbonyl (C=O) groups is 1. The van der Waals surface area contributed by atoms with E-state index in [4.69, 9.17) is 14.2 Å². The molecule has 2 saturated carbocycles. The summed E-state index contributed by atoms with van der Waals surface area (Å²) in [5.41, 5.74) is 0.680. The van der Waals surface area contributed by atoms with Crippen molar-refractivity contribution in [2.24, 2.45) is 22.7 Å². The molecule has 0 aromatic heterocycles. The van der Waals surface area contributed by atoms with Gasteiger partial charge in [-0.05, 0) is 43.1 Å². The van der Waals surface area contributed by atoms with E-state index in [-0.39, 0.29) is 36.4 Å². The predicted octanol–water partition coefficient (Wildman–Crippen LogP) is 0.592. The van der Waals surface area contributed by atoms with Crippen LogP contribution in [0.4, 0.5) is 0 Å². The fraction of sp³-hybridized carbons (Fsp3) is 0.731. The summed E-state index contributed by atoms with van der Waals surface area (Å²) < 4.78 is 16.5. The van der Waals surface area contributed by atoms with E-state index in [1.807, 2.05) is 19.1 Å². The van der Waals surface area contributed by atoms with E-state index in [0.717, 1.165) is 24.8 Å². The van der Waals surface area contributed by atoms with Crippen LogP contribution < -0.4 is 0 Å². The maximum atomic E-state index is 11.9. The highest BCUT2D eigenvalue weighted by Gasteiger charge is 2.58. The summed E-state index contributed by atoms with van der Waals surface area (Å²) >= 11 is 0. The molecule has 3 fully saturated rings. The second-order valence-electron chi connectivity index (χ2n) is 10.9. The number of aliphatic hydroxyl groups excluding tert-OH is 5. The summed E-state index contributed by atoms with van der Waals surface area (Å²) in [4.78, 5) is 11.9. The zero-order valence-corrected chi connectivity index (χ0v) is 20.4. The molecule has 35 heavy (non-hydrogen) atoms. The van der Waals surface area contributed by atoms with Crippen molar-refractivity contribution >= 4 is 5.97 Å². The van der Waals surface area contributed by atoms with Gasteiger partial charge in [-0.3, -0.25) is 0 Å². The van der Waals surface area contributed by atoms with Crippen molar-refractivity contribution in [3.8, 4) is 0 Å². The van der Waals surface area contributed by atoms with Crippen LogP contribution in [0.15, 0.2) is 36.0 Å². The number of hydrogen-bond acceptors (Lipinski definition) is 9. The van der Waals surface area contributed by atoms with Gasteiger partial charge in [-0.15, -0.1) is 0 Å². The van der Waals surface area contributed by atoms with Crippen LogP contribution in [0.5, 0.6) is 0 Å². The van der Waals surface area contributed by atoms with Crippen LogP contribution in [-0.2, 0) is 19.0 Å². The third kappa shape index (κ3) is 4.64. The Labute approximate surface area is 205 Å². The molecule has 0 radical (unpaired) electrons. The minimum Gasteiger partial charge on any atom is -0.458 e. The Balaban J connectivity index is 1.54. The molecule has 0 bridgehead atoms. The molecular formula is C26H38O9. The van der Waals surface area contributed by atoms with Crippen molar-refractivity contribution in [1.82, 2.24) is 0 Å². The maximum absolute atomic E-state index is 11.9. The van der Waals surface area contributed by atoms with E-state index in [2.05, 4.69) is 13.5 Å². The van der Waals surface area contributed by atoms with Gasteiger partial charge in [0.1, 0.15) is 31.0 Å². The molecule has 4 aliphatic rings. The highest BCUT2D eigenvalue weighted by molar-refractivity contribution is 5.93. The third-order valence-electron chi connectivity index (χ3n) is 8.84. The van der Waals surface area contributed by atoms with Gasteiger partial charge in [0, 0.05) is 11.3 Å². The monoisotopic (exact) mass is 494 g/mol. The fourth-order valence-electron chi connectivity index (χ4n) is 6.65. The van der Waals surface area contributed by atoms with Gasteiger partial charge < -0.3 is 39.7 Å². The van der Waals surface area contributed by atoms with Gasteiger partial charge in [-0.1, -0.05) is 38.2 Å². The van der Waals surface area contributed by atoms with E-state index in [9.17, 15) is 30.3 Å². The van der Waals surface area contributed by atoms with Crippen molar-refractivity contribution in [2.45, 2.75) is 76.3 Å². The van der Waals surface area contributed by atoms with Gasteiger partial charge in [-0.2, -0.15) is 0 Å². The van der Waals surface area contributed by atoms with E-state index in [0.29, 0.717) is 12.0 Å². The molecule has 10 atom stereocenters. The number of hydrogen-bond donors (Lipinski definition) is 5. The second-order valence-corrected chi connectivity index (χ2v) is 10.9. The second kappa shape index (κ2) is 10.0. The maximum Gasteiger partial charge on any atom is 0.338 e. The van der Waals surface area contributed by atoms with E-state index < -0.39 is 48.8 Å². The first-order valence-corrected chi connectivity index (χ1v) is 12.4. The molecular weight excluding hydrogens is 456 g/mol. The molecule has 0 unspecified atom stereocenters. The molecule has 9 heteroatoms. The van der Waals surface area contributed by atoms with Gasteiger partial charge in [0.25, 0.3) is 0 Å². The minimum atomic E-state index is -1.52. The average molecular weight is 495 g/mol. The Kier molecular flexibility index (Phi) is 7.60. The molecule has 0 aromatic carbocycles. The molecule has 0 spiro atoms. The van der Waals surface area contributed by atoms with E-state index in [1.54, 1.807) is 6.08 Å². The smallest absolute Gasteiger partial charge is 0.338 e. The summed E-state index contributed by atoms with van der Waals surface area (Å²) in [7, 11) is 0. The normalized spacial score (nSPS) is 46.4. The molecule has 2 aliphatic heterocycles. The number of rotatable bonds is 6. The molecule has 2 heterocycles. The van der Waals surface area contributed by atoms with Crippen molar-refractivity contribution < 1.29 is 44.5 Å². The molecule has 1 saturated heterocycles. The highest BCUT2D eigenvalue weighted by Crippen LogP contribution is 2.61. The van der Waals surface area contributed by atoms with Crippen LogP contribution in [-0.4, -0.2) is 88.1 Å². The van der Waals surface area contributed by atoms with Crippen LogP contribution >= 0.6 is 0 Å². The number of carbonyl (C=O) groups excluding carboxylic acids is 1. The molecule has 4 rings (SSSR count). The lowest BCUT2D eigenvalue weighted by atomic mass is 9.46. The summed E-state index contributed by atoms with van der Waals surface area (Å²) in [6, 6.07) is 0. The summed E-state index contributed by atoms with van der Waals surface area (Å²) in [5, 5.41) is 51.1. The number of allylic oxidation sites excluding steroid dienone is 2. The van der Waals surface area contributed by atoms with Crippen LogP contribution in [0.2, 0.25) is 0 Å². The molecule has 2 aliphatic carbocycles. The van der Waals surface area contributed by atoms with E-state index >= 15 is 0 Å². The Morgan fingerprint density at radius 1 is 1.17 bits per heavy atom. The number of cyclic esters (lactones) is 1. The number of esters is 1. The molecule has 0 aromatic rings. The SMILES string of the molecule is C=C1CC[C@@H]2[C@](C)(CC[C@H](O)[C@]2(C)CO[C@H]2O[C@@H](CO)[C@H](O)[C@@H](O)[C@@H]2O)[C@H]1C=CC1=CCOC1=O. The van der Waals surface area contributed by atoms with Gasteiger partial charge in [-0.25, -0.2) is 4.79 Å². The van der Waals surface area contributed by atoms with Gasteiger partial charge in [0.2, 0.25) is 0 Å². The lowest BCUT2D eigenvalue weighted by Gasteiger charge is -2.60. The minimum absolute atomic E-state index is 0.00497. The highest BCUT2D eigenvalue weighted by atomic mass is 16.7. The zero-order valence-electron chi connectivity index (χ0n) is 20.4. The van der Waals surface area contributed by atoms with Crippen molar-refractivity contribution in [3.05, 3.63) is 36.0 Å². The molecule has 9 nitrogen and oxygen atoms in total. The Hall–Kier alpha value is -1.59. The molecule has 196 valence electrons. The van der Waals surface area contributed by atoms with Gasteiger partial charge in [0.05, 0.1) is 24.9 Å². The average Bonchev–Trinajstić information content (AvgIpc) is 3.24. The van der Waals surface area contributed by atoms with Crippen LogP contribution in [0.3, 0.4) is 0 Å². The van der Waals surface area contributed by atoms with Crippen LogP contribution in [0, 0.1) is 22.7 Å². The summed E-state index contributed by atoms with van der Waals surface area (Å²) in [6.45, 7) is 8.27. The van der Waals surface area contributed by atoms with E-state index in [1.165, 1.54) is 0 Å². The first-order valence-electron chi connectivity index (χ1n) is 12.4. The lowest BCUT2D eigenvalue weighted by Crippen LogP contribution is -2.61. The third-order valence-corrected chi connectivity index (χ3v) is 8.84. The number of aliphatic hydroxyl groups is 5. The Morgan fingerprint density at radius 2 is 1.91 bits per heavy atom. The zero-order chi connectivity index (χ0) is 25.5. The first-order chi connectivity index (χ1) is 16.5. The van der Waals surface area contributed by atoms with Crippen molar-refractivity contribution in [2.75, 3.05) is 19.8 Å². The lowest BCUT2D eigenvalue weighted by molar-refractivity contribution is -0.312.